The molecule has 1 aromatic carbocycles. The summed E-state index contributed by atoms with van der Waals surface area (Å²) in [5.74, 6) is 0.238. The number of H-pyrrole nitrogens is 1. The van der Waals surface area contributed by atoms with E-state index in [9.17, 15) is 9.59 Å². The highest BCUT2D eigenvalue weighted by atomic mass is 16.2. The summed E-state index contributed by atoms with van der Waals surface area (Å²) >= 11 is 0. The molecule has 8 heteroatoms. The smallest absolute Gasteiger partial charge is 0.333 e. The van der Waals surface area contributed by atoms with E-state index in [0.29, 0.717) is 22.5 Å². The molecule has 1 aliphatic rings. The molecule has 4 aromatic rings. The maximum Gasteiger partial charge on any atom is 0.333 e. The highest BCUT2D eigenvalue weighted by Crippen LogP contribution is 2.38. The van der Waals surface area contributed by atoms with Gasteiger partial charge in [-0.25, -0.2) is 19.3 Å². The standard InChI is InChI=1S/C23H22N6O2/c1-14(15-8-5-4-6-9-15)29-18-12-19(25-13-16(18)21(30)27-23(29,2)3)28-17-10-7-11-24-20(17)26-22(28)31/h4-14H,1-3H3,(H,27,30)(H,24,26,31). The van der Waals surface area contributed by atoms with E-state index in [1.165, 1.54) is 10.8 Å². The summed E-state index contributed by atoms with van der Waals surface area (Å²) in [6.45, 7) is 6.03. The molecule has 0 bridgehead atoms. The molecule has 1 atom stereocenters. The van der Waals surface area contributed by atoms with Crippen molar-refractivity contribution in [3.8, 4) is 5.82 Å². The highest BCUT2D eigenvalue weighted by Gasteiger charge is 2.40. The lowest BCUT2D eigenvalue weighted by Gasteiger charge is -2.48. The number of amides is 1. The lowest BCUT2D eigenvalue weighted by atomic mass is 9.97. The van der Waals surface area contributed by atoms with Crippen molar-refractivity contribution >= 4 is 22.8 Å². The van der Waals surface area contributed by atoms with E-state index in [1.807, 2.05) is 38.1 Å². The summed E-state index contributed by atoms with van der Waals surface area (Å²) in [5, 5.41) is 3.07. The number of aromatic nitrogens is 4. The van der Waals surface area contributed by atoms with Crippen LogP contribution in [0.2, 0.25) is 0 Å². The number of imidazole rings is 1. The van der Waals surface area contributed by atoms with Crippen LogP contribution < -0.4 is 15.9 Å². The summed E-state index contributed by atoms with van der Waals surface area (Å²) in [6.07, 6.45) is 3.15. The van der Waals surface area contributed by atoms with E-state index in [-0.39, 0.29) is 17.6 Å². The van der Waals surface area contributed by atoms with Gasteiger partial charge in [-0.2, -0.15) is 0 Å². The second kappa shape index (κ2) is 6.80. The van der Waals surface area contributed by atoms with Crippen LogP contribution in [0.4, 0.5) is 5.69 Å². The van der Waals surface area contributed by atoms with E-state index in [2.05, 4.69) is 44.2 Å². The van der Waals surface area contributed by atoms with Crippen molar-refractivity contribution in [2.45, 2.75) is 32.5 Å². The minimum atomic E-state index is -0.648. The molecule has 3 aromatic heterocycles. The molecule has 2 N–H and O–H groups in total. The molecule has 4 heterocycles. The van der Waals surface area contributed by atoms with Gasteiger partial charge in [-0.1, -0.05) is 30.3 Å². The van der Waals surface area contributed by atoms with Crippen LogP contribution in [0.15, 0.2) is 65.7 Å². The fraction of sp³-hybridized carbons (Fsp3) is 0.217. The van der Waals surface area contributed by atoms with Gasteiger partial charge in [0.1, 0.15) is 11.5 Å². The monoisotopic (exact) mass is 414 g/mol. The fourth-order valence-electron chi connectivity index (χ4n) is 4.38. The summed E-state index contributed by atoms with van der Waals surface area (Å²) in [4.78, 5) is 39.1. The lowest BCUT2D eigenvalue weighted by molar-refractivity contribution is 0.0893. The summed E-state index contributed by atoms with van der Waals surface area (Å²) in [5.41, 5.74) is 2.44. The van der Waals surface area contributed by atoms with Gasteiger partial charge in [-0.05, 0) is 38.5 Å². The van der Waals surface area contributed by atoms with E-state index in [4.69, 9.17) is 0 Å². The first-order valence-electron chi connectivity index (χ1n) is 10.1. The Morgan fingerprint density at radius 1 is 1.03 bits per heavy atom. The number of nitrogens with one attached hydrogen (secondary N) is 2. The van der Waals surface area contributed by atoms with Crippen LogP contribution in [-0.4, -0.2) is 31.1 Å². The highest BCUT2D eigenvalue weighted by molar-refractivity contribution is 6.02. The van der Waals surface area contributed by atoms with Crippen molar-refractivity contribution in [3.63, 3.8) is 0 Å². The Hall–Kier alpha value is -3.94. The zero-order valence-corrected chi connectivity index (χ0v) is 17.5. The Labute approximate surface area is 178 Å². The number of benzene rings is 1. The molecular formula is C23H22N6O2. The van der Waals surface area contributed by atoms with Crippen LogP contribution in [0.5, 0.6) is 0 Å². The molecule has 1 aliphatic heterocycles. The Morgan fingerprint density at radius 2 is 1.81 bits per heavy atom. The Morgan fingerprint density at radius 3 is 2.58 bits per heavy atom. The molecule has 5 rings (SSSR count). The average Bonchev–Trinajstić information content (AvgIpc) is 3.09. The first-order valence-corrected chi connectivity index (χ1v) is 10.1. The molecule has 156 valence electrons. The number of pyridine rings is 2. The van der Waals surface area contributed by atoms with Gasteiger partial charge in [0.25, 0.3) is 5.91 Å². The molecular weight excluding hydrogens is 392 g/mol. The zero-order valence-electron chi connectivity index (χ0n) is 17.5. The van der Waals surface area contributed by atoms with Crippen LogP contribution in [0, 0.1) is 0 Å². The Kier molecular flexibility index (Phi) is 4.18. The number of hydrogen-bond acceptors (Lipinski definition) is 5. The van der Waals surface area contributed by atoms with E-state index in [1.54, 1.807) is 18.3 Å². The summed E-state index contributed by atoms with van der Waals surface area (Å²) in [6, 6.07) is 15.4. The maximum absolute atomic E-state index is 12.8. The van der Waals surface area contributed by atoms with Crippen LogP contribution in [-0.2, 0) is 0 Å². The first-order chi connectivity index (χ1) is 14.9. The largest absolute Gasteiger partial charge is 0.342 e. The minimum absolute atomic E-state index is 0.0350. The molecule has 1 unspecified atom stereocenters. The van der Waals surface area contributed by atoms with Gasteiger partial charge in [0.2, 0.25) is 0 Å². The predicted octanol–water partition coefficient (Wildman–Crippen LogP) is 3.16. The summed E-state index contributed by atoms with van der Waals surface area (Å²) < 4.78 is 1.48. The quantitative estimate of drug-likeness (QED) is 0.537. The van der Waals surface area contributed by atoms with E-state index < -0.39 is 5.66 Å². The van der Waals surface area contributed by atoms with Gasteiger partial charge in [0, 0.05) is 18.5 Å². The molecule has 1 amide bonds. The van der Waals surface area contributed by atoms with Crippen LogP contribution in [0.25, 0.3) is 17.0 Å². The number of hydrogen-bond donors (Lipinski definition) is 2. The van der Waals surface area contributed by atoms with E-state index in [0.717, 1.165) is 11.3 Å². The fourth-order valence-corrected chi connectivity index (χ4v) is 4.38. The van der Waals surface area contributed by atoms with Gasteiger partial charge in [0.15, 0.2) is 5.65 Å². The second-order valence-corrected chi connectivity index (χ2v) is 8.17. The van der Waals surface area contributed by atoms with Gasteiger partial charge >= 0.3 is 5.69 Å². The second-order valence-electron chi connectivity index (χ2n) is 8.17. The van der Waals surface area contributed by atoms with Gasteiger partial charge < -0.3 is 10.2 Å². The molecule has 0 fully saturated rings. The lowest BCUT2D eigenvalue weighted by Crippen LogP contribution is -2.61. The third-order valence-corrected chi connectivity index (χ3v) is 5.75. The average molecular weight is 414 g/mol. The SMILES string of the molecule is CC(c1ccccc1)N1c2cc(-n3c(=O)[nH]c4ncccc43)ncc2C(=O)NC1(C)C. The summed E-state index contributed by atoms with van der Waals surface area (Å²) in [7, 11) is 0. The number of carbonyl (C=O) groups excluding carboxylic acids is 1. The van der Waals surface area contributed by atoms with Gasteiger partial charge in [-0.3, -0.25) is 9.78 Å². The van der Waals surface area contributed by atoms with Crippen LogP contribution in [0.1, 0.15) is 42.7 Å². The number of nitrogens with zero attached hydrogens (tertiary/aromatic N) is 4. The maximum atomic E-state index is 12.8. The number of carbonyl (C=O) groups is 1. The Bertz CT molecular complexity index is 1360. The zero-order chi connectivity index (χ0) is 21.8. The molecule has 0 aliphatic carbocycles. The number of fused-ring (bicyclic) bond motifs is 2. The van der Waals surface area contributed by atoms with Gasteiger partial charge in [-0.15, -0.1) is 0 Å². The van der Waals surface area contributed by atoms with Crippen molar-refractivity contribution in [2.24, 2.45) is 0 Å². The number of aromatic amines is 1. The molecule has 8 nitrogen and oxygen atoms in total. The van der Waals surface area contributed by atoms with E-state index >= 15 is 0 Å². The molecule has 0 spiro atoms. The van der Waals surface area contributed by atoms with Crippen molar-refractivity contribution in [1.82, 2.24) is 24.8 Å². The predicted molar refractivity (Wildman–Crippen MR) is 118 cm³/mol. The van der Waals surface area contributed by atoms with Gasteiger partial charge in [0.05, 0.1) is 22.8 Å². The molecule has 0 radical (unpaired) electrons. The van der Waals surface area contributed by atoms with Crippen molar-refractivity contribution in [1.29, 1.82) is 0 Å². The van der Waals surface area contributed by atoms with Crippen molar-refractivity contribution in [3.05, 3.63) is 82.5 Å². The normalized spacial score (nSPS) is 16.1. The third-order valence-electron chi connectivity index (χ3n) is 5.75. The minimum Gasteiger partial charge on any atom is -0.342 e. The number of anilines is 1. The molecule has 31 heavy (non-hydrogen) atoms. The number of rotatable bonds is 3. The van der Waals surface area contributed by atoms with Crippen molar-refractivity contribution < 1.29 is 4.79 Å². The topological polar surface area (TPSA) is 95.9 Å². The first kappa shape index (κ1) is 19.0. The third kappa shape index (κ3) is 2.99. The molecule has 0 saturated carbocycles. The van der Waals surface area contributed by atoms with Crippen LogP contribution in [0.3, 0.4) is 0 Å². The Balaban J connectivity index is 1.72. The van der Waals surface area contributed by atoms with Crippen LogP contribution >= 0.6 is 0 Å². The van der Waals surface area contributed by atoms with Crippen molar-refractivity contribution in [2.75, 3.05) is 4.90 Å². The molecule has 0 saturated heterocycles.